The van der Waals surface area contributed by atoms with Crippen LogP contribution in [0.15, 0.2) is 42.7 Å². The van der Waals surface area contributed by atoms with E-state index in [-0.39, 0.29) is 36.7 Å². The quantitative estimate of drug-likeness (QED) is 0.730. The third-order valence-electron chi connectivity index (χ3n) is 3.37. The van der Waals surface area contributed by atoms with Gasteiger partial charge >= 0.3 is 0 Å². The fraction of sp³-hybridized carbons (Fsp3) is 0.312. The topological polar surface area (TPSA) is 102 Å². The SMILES string of the molecule is CC(C)[C@H](N)C(=O)NCC(=O)Nc1ccccc1-n1cccn1.Cl. The molecular formula is C16H22ClN5O2. The van der Waals surface area contributed by atoms with E-state index >= 15 is 0 Å². The van der Waals surface area contributed by atoms with E-state index in [0.29, 0.717) is 5.69 Å². The number of benzene rings is 1. The number of amides is 2. The van der Waals surface area contributed by atoms with Crippen molar-refractivity contribution >= 4 is 29.9 Å². The molecule has 0 spiro atoms. The van der Waals surface area contributed by atoms with Gasteiger partial charge in [0.1, 0.15) is 0 Å². The summed E-state index contributed by atoms with van der Waals surface area (Å²) in [5.41, 5.74) is 7.09. The molecular weight excluding hydrogens is 330 g/mol. The van der Waals surface area contributed by atoms with Crippen LogP contribution < -0.4 is 16.4 Å². The van der Waals surface area contributed by atoms with Crippen LogP contribution in [0.2, 0.25) is 0 Å². The smallest absolute Gasteiger partial charge is 0.243 e. The molecule has 0 unspecified atom stereocenters. The Morgan fingerprint density at radius 2 is 1.96 bits per heavy atom. The van der Waals surface area contributed by atoms with E-state index < -0.39 is 6.04 Å². The zero-order chi connectivity index (χ0) is 16.8. The lowest BCUT2D eigenvalue weighted by Crippen LogP contribution is -2.46. The average Bonchev–Trinajstić information content (AvgIpc) is 3.06. The Labute approximate surface area is 147 Å². The number of hydrogen-bond donors (Lipinski definition) is 3. The van der Waals surface area contributed by atoms with E-state index in [9.17, 15) is 9.59 Å². The highest BCUT2D eigenvalue weighted by molar-refractivity contribution is 5.96. The van der Waals surface area contributed by atoms with Crippen LogP contribution in [0, 0.1) is 5.92 Å². The molecule has 0 radical (unpaired) electrons. The summed E-state index contributed by atoms with van der Waals surface area (Å²) in [5, 5.41) is 9.46. The number of hydrogen-bond acceptors (Lipinski definition) is 4. The first-order valence-corrected chi connectivity index (χ1v) is 7.41. The number of nitrogens with zero attached hydrogens (tertiary/aromatic N) is 2. The first-order valence-electron chi connectivity index (χ1n) is 7.41. The van der Waals surface area contributed by atoms with Gasteiger partial charge in [-0.05, 0) is 24.1 Å². The van der Waals surface area contributed by atoms with Crippen LogP contribution >= 0.6 is 12.4 Å². The molecule has 1 heterocycles. The lowest BCUT2D eigenvalue weighted by molar-refractivity contribution is -0.125. The number of carbonyl (C=O) groups excluding carboxylic acids is 2. The fourth-order valence-electron chi connectivity index (χ4n) is 1.97. The van der Waals surface area contributed by atoms with Gasteiger partial charge in [0.2, 0.25) is 11.8 Å². The minimum absolute atomic E-state index is 0. The van der Waals surface area contributed by atoms with Crippen LogP contribution in [0.3, 0.4) is 0 Å². The van der Waals surface area contributed by atoms with Crippen molar-refractivity contribution in [3.8, 4) is 5.69 Å². The van der Waals surface area contributed by atoms with E-state index in [1.54, 1.807) is 29.2 Å². The Kier molecular flexibility index (Phi) is 7.41. The highest BCUT2D eigenvalue weighted by atomic mass is 35.5. The lowest BCUT2D eigenvalue weighted by Gasteiger charge is -2.15. The van der Waals surface area contributed by atoms with Crippen LogP contribution in [-0.4, -0.2) is 34.2 Å². The Balaban J connectivity index is 0.00000288. The molecule has 0 aliphatic heterocycles. The molecule has 4 N–H and O–H groups in total. The molecule has 0 aliphatic carbocycles. The Morgan fingerprint density at radius 1 is 1.25 bits per heavy atom. The molecule has 0 bridgehead atoms. The fourth-order valence-corrected chi connectivity index (χ4v) is 1.97. The van der Waals surface area contributed by atoms with Crippen molar-refractivity contribution in [1.29, 1.82) is 0 Å². The number of nitrogens with one attached hydrogen (secondary N) is 2. The minimum atomic E-state index is -0.626. The summed E-state index contributed by atoms with van der Waals surface area (Å²) in [4.78, 5) is 23.8. The molecule has 1 atom stereocenters. The molecule has 1 aromatic heterocycles. The predicted octanol–water partition coefficient (Wildman–Crippen LogP) is 1.33. The summed E-state index contributed by atoms with van der Waals surface area (Å²) in [6.07, 6.45) is 3.44. The molecule has 0 saturated heterocycles. The zero-order valence-electron chi connectivity index (χ0n) is 13.6. The molecule has 2 rings (SSSR count). The summed E-state index contributed by atoms with van der Waals surface area (Å²) in [6, 6.07) is 8.46. The second-order valence-electron chi connectivity index (χ2n) is 5.50. The summed E-state index contributed by atoms with van der Waals surface area (Å²) in [5.74, 6) is -0.650. The lowest BCUT2D eigenvalue weighted by atomic mass is 10.1. The predicted molar refractivity (Wildman–Crippen MR) is 95.3 cm³/mol. The zero-order valence-corrected chi connectivity index (χ0v) is 14.4. The van der Waals surface area contributed by atoms with Gasteiger partial charge in [-0.1, -0.05) is 26.0 Å². The van der Waals surface area contributed by atoms with Crippen molar-refractivity contribution in [2.75, 3.05) is 11.9 Å². The summed E-state index contributed by atoms with van der Waals surface area (Å²) in [6.45, 7) is 3.57. The maximum Gasteiger partial charge on any atom is 0.243 e. The summed E-state index contributed by atoms with van der Waals surface area (Å²) >= 11 is 0. The molecule has 0 aliphatic rings. The number of anilines is 1. The number of rotatable bonds is 6. The second kappa shape index (κ2) is 9.05. The Hall–Kier alpha value is -2.38. The van der Waals surface area contributed by atoms with Gasteiger partial charge in [0.25, 0.3) is 0 Å². The molecule has 1 aromatic carbocycles. The molecule has 130 valence electrons. The van der Waals surface area contributed by atoms with E-state index in [1.807, 2.05) is 32.0 Å². The van der Waals surface area contributed by atoms with Crippen molar-refractivity contribution in [1.82, 2.24) is 15.1 Å². The van der Waals surface area contributed by atoms with Gasteiger partial charge in [-0.2, -0.15) is 5.10 Å². The van der Waals surface area contributed by atoms with Crippen molar-refractivity contribution in [2.24, 2.45) is 11.7 Å². The first kappa shape index (κ1) is 19.7. The van der Waals surface area contributed by atoms with Gasteiger partial charge in [-0.15, -0.1) is 12.4 Å². The van der Waals surface area contributed by atoms with Crippen LogP contribution in [0.5, 0.6) is 0 Å². The van der Waals surface area contributed by atoms with Gasteiger partial charge in [-0.25, -0.2) is 4.68 Å². The highest BCUT2D eigenvalue weighted by Crippen LogP contribution is 2.18. The summed E-state index contributed by atoms with van der Waals surface area (Å²) in [7, 11) is 0. The number of para-hydroxylation sites is 2. The molecule has 0 saturated carbocycles. The largest absolute Gasteiger partial charge is 0.346 e. The molecule has 0 fully saturated rings. The maximum absolute atomic E-state index is 12.0. The van der Waals surface area contributed by atoms with Crippen LogP contribution in [0.4, 0.5) is 5.69 Å². The number of nitrogens with two attached hydrogens (primary N) is 1. The average molecular weight is 352 g/mol. The number of aromatic nitrogens is 2. The van der Waals surface area contributed by atoms with E-state index in [2.05, 4.69) is 15.7 Å². The van der Waals surface area contributed by atoms with Crippen molar-refractivity contribution < 1.29 is 9.59 Å². The summed E-state index contributed by atoms with van der Waals surface area (Å²) < 4.78 is 1.66. The van der Waals surface area contributed by atoms with Crippen molar-refractivity contribution in [2.45, 2.75) is 19.9 Å². The van der Waals surface area contributed by atoms with Gasteiger partial charge < -0.3 is 16.4 Å². The van der Waals surface area contributed by atoms with E-state index in [1.165, 1.54) is 0 Å². The molecule has 2 aromatic rings. The van der Waals surface area contributed by atoms with Gasteiger partial charge in [0, 0.05) is 12.4 Å². The van der Waals surface area contributed by atoms with Crippen LogP contribution in [0.1, 0.15) is 13.8 Å². The number of halogens is 1. The second-order valence-corrected chi connectivity index (χ2v) is 5.50. The van der Waals surface area contributed by atoms with Crippen LogP contribution in [0.25, 0.3) is 5.69 Å². The standard InChI is InChI=1S/C16H21N5O2.ClH/c1-11(2)15(17)16(23)18-10-14(22)20-12-6-3-4-7-13(12)21-9-5-8-19-21;/h3-9,11,15H,10,17H2,1-2H3,(H,18,23)(H,20,22);1H/t15-;/m0./s1. The third-order valence-corrected chi connectivity index (χ3v) is 3.37. The molecule has 8 heteroatoms. The van der Waals surface area contributed by atoms with Gasteiger partial charge in [-0.3, -0.25) is 9.59 Å². The van der Waals surface area contributed by atoms with Gasteiger partial charge in [0.15, 0.2) is 0 Å². The Bertz CT molecular complexity index is 673. The highest BCUT2D eigenvalue weighted by Gasteiger charge is 2.17. The monoisotopic (exact) mass is 351 g/mol. The normalized spacial score (nSPS) is 11.5. The van der Waals surface area contributed by atoms with E-state index in [0.717, 1.165) is 5.69 Å². The van der Waals surface area contributed by atoms with Crippen LogP contribution in [-0.2, 0) is 9.59 Å². The van der Waals surface area contributed by atoms with Gasteiger partial charge in [0.05, 0.1) is 24.0 Å². The molecule has 2 amide bonds. The van der Waals surface area contributed by atoms with E-state index in [4.69, 9.17) is 5.73 Å². The van der Waals surface area contributed by atoms with Crippen molar-refractivity contribution in [3.05, 3.63) is 42.7 Å². The minimum Gasteiger partial charge on any atom is -0.346 e. The molecule has 24 heavy (non-hydrogen) atoms. The Morgan fingerprint density at radius 3 is 2.58 bits per heavy atom. The maximum atomic E-state index is 12.0. The first-order chi connectivity index (χ1) is 11.0. The number of carbonyl (C=O) groups is 2. The third kappa shape index (κ3) is 5.07. The van der Waals surface area contributed by atoms with Crippen molar-refractivity contribution in [3.63, 3.8) is 0 Å². The molecule has 7 nitrogen and oxygen atoms in total.